The fourth-order valence-corrected chi connectivity index (χ4v) is 3.68. The van der Waals surface area contributed by atoms with Crippen molar-refractivity contribution in [2.75, 3.05) is 4.90 Å². The maximum absolute atomic E-state index is 13.6. The highest BCUT2D eigenvalue weighted by atomic mass is 19.1. The van der Waals surface area contributed by atoms with E-state index in [1.165, 1.54) is 23.2 Å². The van der Waals surface area contributed by atoms with Gasteiger partial charge in [-0.3, -0.25) is 14.6 Å². The second-order valence-corrected chi connectivity index (χ2v) is 7.49. The van der Waals surface area contributed by atoms with E-state index < -0.39 is 29.7 Å². The minimum atomic E-state index is -0.988. The number of hydrogen-bond acceptors (Lipinski definition) is 8. The summed E-state index contributed by atoms with van der Waals surface area (Å²) in [4.78, 5) is 31.0. The maximum atomic E-state index is 13.6. The van der Waals surface area contributed by atoms with Gasteiger partial charge < -0.3 is 4.52 Å². The quantitative estimate of drug-likeness (QED) is 0.601. The van der Waals surface area contributed by atoms with E-state index in [0.29, 0.717) is 5.82 Å². The monoisotopic (exact) mass is 420 g/mol. The van der Waals surface area contributed by atoms with Crippen LogP contribution in [-0.4, -0.2) is 39.0 Å². The van der Waals surface area contributed by atoms with Gasteiger partial charge in [-0.15, -0.1) is 0 Å². The van der Waals surface area contributed by atoms with Crippen molar-refractivity contribution in [1.82, 2.24) is 15.1 Å². The van der Waals surface area contributed by atoms with Crippen LogP contribution in [0.3, 0.4) is 0 Å². The number of fused-ring (bicyclic) bond motifs is 1. The number of rotatable bonds is 4. The predicted molar refractivity (Wildman–Crippen MR) is 106 cm³/mol. The molecule has 2 atom stereocenters. The molecular formula is C21H17FN6O3. The minimum absolute atomic E-state index is 0.0124. The third-order valence-electron chi connectivity index (χ3n) is 5.45. The molecule has 0 spiro atoms. The standard InChI is InChI=1S/C21H17FN6O3/c1-11-6-7-13(8-12(11)2)19-23-16(31-25-19)10-27-18-17(24-26-27)20(29)28(21(18)30)15-5-3-4-14(22)9-15/h3-9,17-18H,10H2,1-2H3/t17-,18+/m0/s1. The summed E-state index contributed by atoms with van der Waals surface area (Å²) in [5.41, 5.74) is 3.23. The van der Waals surface area contributed by atoms with Crippen LogP contribution in [0.1, 0.15) is 17.0 Å². The summed E-state index contributed by atoms with van der Waals surface area (Å²) in [5, 5.41) is 13.3. The summed E-state index contributed by atoms with van der Waals surface area (Å²) in [6.07, 6.45) is 0. The van der Waals surface area contributed by atoms with Crippen molar-refractivity contribution in [3.05, 3.63) is 65.3 Å². The lowest BCUT2D eigenvalue weighted by molar-refractivity contribution is -0.123. The lowest BCUT2D eigenvalue weighted by atomic mass is 10.1. The maximum Gasteiger partial charge on any atom is 0.263 e. The highest BCUT2D eigenvalue weighted by Crippen LogP contribution is 2.33. The SMILES string of the molecule is Cc1ccc(-c2noc(CN3N=N[C@@H]4C(=O)N(c5cccc(F)c5)C(=O)[C@@H]43)n2)cc1C. The number of amides is 2. The Morgan fingerprint density at radius 3 is 2.68 bits per heavy atom. The first kappa shape index (κ1) is 19.0. The van der Waals surface area contributed by atoms with Gasteiger partial charge in [0.05, 0.1) is 5.69 Å². The molecule has 31 heavy (non-hydrogen) atoms. The summed E-state index contributed by atoms with van der Waals surface area (Å²) >= 11 is 0. The number of benzene rings is 2. The molecule has 5 rings (SSSR count). The number of anilines is 1. The molecule has 1 aromatic heterocycles. The van der Waals surface area contributed by atoms with Crippen LogP contribution in [0, 0.1) is 19.7 Å². The molecule has 2 amide bonds. The second kappa shape index (κ2) is 7.08. The van der Waals surface area contributed by atoms with Crippen molar-refractivity contribution in [1.29, 1.82) is 0 Å². The molecule has 0 N–H and O–H groups in total. The summed E-state index contributed by atoms with van der Waals surface area (Å²) in [7, 11) is 0. The van der Waals surface area contributed by atoms with Crippen molar-refractivity contribution in [2.24, 2.45) is 10.3 Å². The van der Waals surface area contributed by atoms with Crippen LogP contribution in [-0.2, 0) is 16.1 Å². The van der Waals surface area contributed by atoms with Gasteiger partial charge in [-0.05, 0) is 49.2 Å². The van der Waals surface area contributed by atoms with Crippen molar-refractivity contribution < 1.29 is 18.5 Å². The van der Waals surface area contributed by atoms with Crippen LogP contribution in [0.25, 0.3) is 11.4 Å². The van der Waals surface area contributed by atoms with Crippen LogP contribution in [0.4, 0.5) is 10.1 Å². The molecule has 1 saturated heterocycles. The lowest BCUT2D eigenvalue weighted by Gasteiger charge is -2.19. The molecule has 10 heteroatoms. The van der Waals surface area contributed by atoms with Gasteiger partial charge in [0.2, 0.25) is 11.7 Å². The normalized spacial score (nSPS) is 20.1. The number of hydrogen-bond donors (Lipinski definition) is 0. The molecule has 0 radical (unpaired) electrons. The number of nitrogens with zero attached hydrogens (tertiary/aromatic N) is 6. The molecular weight excluding hydrogens is 403 g/mol. The van der Waals surface area contributed by atoms with Gasteiger partial charge in [-0.25, -0.2) is 9.29 Å². The van der Waals surface area contributed by atoms with Gasteiger partial charge in [-0.1, -0.05) is 28.6 Å². The van der Waals surface area contributed by atoms with E-state index in [9.17, 15) is 14.0 Å². The molecule has 0 bridgehead atoms. The van der Waals surface area contributed by atoms with E-state index in [1.54, 1.807) is 0 Å². The highest BCUT2D eigenvalue weighted by Gasteiger charge is 2.55. The fraction of sp³-hybridized carbons (Fsp3) is 0.238. The van der Waals surface area contributed by atoms with Crippen LogP contribution >= 0.6 is 0 Å². The molecule has 156 valence electrons. The van der Waals surface area contributed by atoms with Crippen molar-refractivity contribution in [3.8, 4) is 11.4 Å². The first-order valence-corrected chi connectivity index (χ1v) is 9.63. The Balaban J connectivity index is 1.37. The van der Waals surface area contributed by atoms with Gasteiger partial charge in [-0.2, -0.15) is 10.1 Å². The highest BCUT2D eigenvalue weighted by molar-refractivity contribution is 6.25. The second-order valence-electron chi connectivity index (χ2n) is 7.49. The van der Waals surface area contributed by atoms with Crippen LogP contribution < -0.4 is 4.90 Å². The van der Waals surface area contributed by atoms with E-state index in [2.05, 4.69) is 20.5 Å². The zero-order valence-corrected chi connectivity index (χ0v) is 16.7. The van der Waals surface area contributed by atoms with Crippen LogP contribution in [0.2, 0.25) is 0 Å². The number of imide groups is 1. The Hall–Kier alpha value is -3.95. The minimum Gasteiger partial charge on any atom is -0.337 e. The first-order valence-electron chi connectivity index (χ1n) is 9.63. The molecule has 2 aliphatic rings. The summed E-state index contributed by atoms with van der Waals surface area (Å²) in [6, 6.07) is 9.22. The largest absolute Gasteiger partial charge is 0.337 e. The van der Waals surface area contributed by atoms with Gasteiger partial charge >= 0.3 is 0 Å². The fourth-order valence-electron chi connectivity index (χ4n) is 3.68. The zero-order chi connectivity index (χ0) is 21.7. The van der Waals surface area contributed by atoms with E-state index in [0.717, 1.165) is 27.7 Å². The average molecular weight is 420 g/mol. The topological polar surface area (TPSA) is 104 Å². The predicted octanol–water partition coefficient (Wildman–Crippen LogP) is 2.99. The van der Waals surface area contributed by atoms with E-state index in [-0.39, 0.29) is 18.1 Å². The average Bonchev–Trinajstić information content (AvgIpc) is 3.43. The first-order chi connectivity index (χ1) is 14.9. The van der Waals surface area contributed by atoms with Gasteiger partial charge in [0.15, 0.2) is 12.1 Å². The third-order valence-corrected chi connectivity index (χ3v) is 5.45. The van der Waals surface area contributed by atoms with Gasteiger partial charge in [0, 0.05) is 5.56 Å². The molecule has 1 fully saturated rings. The number of halogens is 1. The molecule has 2 aromatic carbocycles. The summed E-state index contributed by atoms with van der Waals surface area (Å²) < 4.78 is 18.9. The van der Waals surface area contributed by atoms with Gasteiger partial charge in [0.25, 0.3) is 11.8 Å². The zero-order valence-electron chi connectivity index (χ0n) is 16.7. The molecule has 2 aliphatic heterocycles. The summed E-state index contributed by atoms with van der Waals surface area (Å²) in [6.45, 7) is 4.03. The Morgan fingerprint density at radius 1 is 1.06 bits per heavy atom. The van der Waals surface area contributed by atoms with E-state index in [4.69, 9.17) is 4.52 Å². The third kappa shape index (κ3) is 3.16. The molecule has 0 unspecified atom stereocenters. The number of aromatic nitrogens is 2. The van der Waals surface area contributed by atoms with Crippen LogP contribution in [0.15, 0.2) is 57.3 Å². The van der Waals surface area contributed by atoms with Crippen molar-refractivity contribution >= 4 is 17.5 Å². The Kier molecular flexibility index (Phi) is 4.35. The molecule has 3 heterocycles. The number of carbonyl (C=O) groups is 2. The Bertz CT molecular complexity index is 1240. The smallest absolute Gasteiger partial charge is 0.263 e. The Morgan fingerprint density at radius 2 is 1.90 bits per heavy atom. The molecule has 3 aromatic rings. The van der Waals surface area contributed by atoms with E-state index >= 15 is 0 Å². The number of carbonyl (C=O) groups excluding carboxylic acids is 2. The molecule has 9 nitrogen and oxygen atoms in total. The lowest BCUT2D eigenvalue weighted by Crippen LogP contribution is -2.39. The Labute approximate surface area is 176 Å². The molecule has 0 aliphatic carbocycles. The van der Waals surface area contributed by atoms with E-state index in [1.807, 2.05) is 32.0 Å². The van der Waals surface area contributed by atoms with Crippen molar-refractivity contribution in [2.45, 2.75) is 32.5 Å². The summed E-state index contributed by atoms with van der Waals surface area (Å²) in [5.74, 6) is -0.968. The van der Waals surface area contributed by atoms with Crippen LogP contribution in [0.5, 0.6) is 0 Å². The molecule has 0 saturated carbocycles. The van der Waals surface area contributed by atoms with Gasteiger partial charge in [0.1, 0.15) is 12.4 Å². The van der Waals surface area contributed by atoms with Crippen molar-refractivity contribution in [3.63, 3.8) is 0 Å². The number of aryl methyl sites for hydroxylation is 2.